The van der Waals surface area contributed by atoms with Crippen molar-refractivity contribution in [2.24, 2.45) is 5.84 Å². The normalized spacial score (nSPS) is 10.6. The molecule has 16 heavy (non-hydrogen) atoms. The van der Waals surface area contributed by atoms with Crippen LogP contribution in [0.4, 0.5) is 11.8 Å². The van der Waals surface area contributed by atoms with Gasteiger partial charge in [-0.3, -0.25) is 5.43 Å². The van der Waals surface area contributed by atoms with Crippen LogP contribution in [-0.4, -0.2) is 16.5 Å². The molecule has 0 aromatic carbocycles. The lowest BCUT2D eigenvalue weighted by Crippen LogP contribution is -2.12. The van der Waals surface area contributed by atoms with Gasteiger partial charge in [0.2, 0.25) is 5.95 Å². The second kappa shape index (κ2) is 5.09. The van der Waals surface area contributed by atoms with E-state index in [-0.39, 0.29) is 0 Å². The molecular formula is C10H15N5S. The Hall–Kier alpha value is -1.40. The largest absolute Gasteiger partial charge is 0.369 e. The van der Waals surface area contributed by atoms with Crippen LogP contribution in [0.1, 0.15) is 19.8 Å². The lowest BCUT2D eigenvalue weighted by atomic mass is 10.3. The fourth-order valence-electron chi connectivity index (χ4n) is 1.44. The quantitative estimate of drug-likeness (QED) is 0.422. The van der Waals surface area contributed by atoms with Gasteiger partial charge in [-0.15, -0.1) is 11.3 Å². The van der Waals surface area contributed by atoms with Gasteiger partial charge in [-0.1, -0.05) is 13.3 Å². The summed E-state index contributed by atoms with van der Waals surface area (Å²) in [4.78, 5) is 9.53. The van der Waals surface area contributed by atoms with Crippen molar-refractivity contribution in [3.63, 3.8) is 0 Å². The molecule has 0 aliphatic heterocycles. The summed E-state index contributed by atoms with van der Waals surface area (Å²) >= 11 is 1.58. The van der Waals surface area contributed by atoms with Crippen molar-refractivity contribution in [1.82, 2.24) is 9.97 Å². The zero-order valence-corrected chi connectivity index (χ0v) is 9.97. The van der Waals surface area contributed by atoms with Crippen molar-refractivity contribution in [3.8, 4) is 0 Å². The maximum Gasteiger partial charge on any atom is 0.240 e. The van der Waals surface area contributed by atoms with Crippen LogP contribution in [0.2, 0.25) is 0 Å². The highest BCUT2D eigenvalue weighted by molar-refractivity contribution is 7.16. The summed E-state index contributed by atoms with van der Waals surface area (Å²) in [6.07, 6.45) is 2.29. The molecule has 4 N–H and O–H groups in total. The molecule has 2 rings (SSSR count). The van der Waals surface area contributed by atoms with Crippen molar-refractivity contribution in [1.29, 1.82) is 0 Å². The number of fused-ring (bicyclic) bond motifs is 1. The molecule has 0 unspecified atom stereocenters. The van der Waals surface area contributed by atoms with Crippen molar-refractivity contribution < 1.29 is 0 Å². The van der Waals surface area contributed by atoms with Gasteiger partial charge in [-0.25, -0.2) is 10.8 Å². The average Bonchev–Trinajstić information content (AvgIpc) is 2.77. The van der Waals surface area contributed by atoms with E-state index in [4.69, 9.17) is 5.84 Å². The number of rotatable bonds is 5. The summed E-state index contributed by atoms with van der Waals surface area (Å²) in [6, 6.07) is 2.02. The molecule has 0 amide bonds. The topological polar surface area (TPSA) is 75.9 Å². The molecule has 0 spiro atoms. The lowest BCUT2D eigenvalue weighted by molar-refractivity contribution is 0.831. The maximum atomic E-state index is 5.34. The molecule has 5 nitrogen and oxygen atoms in total. The zero-order chi connectivity index (χ0) is 11.4. The van der Waals surface area contributed by atoms with E-state index < -0.39 is 0 Å². The minimum atomic E-state index is 0.453. The van der Waals surface area contributed by atoms with Gasteiger partial charge in [-0.2, -0.15) is 4.98 Å². The van der Waals surface area contributed by atoms with Crippen LogP contribution in [0.5, 0.6) is 0 Å². The molecule has 0 aliphatic rings. The smallest absolute Gasteiger partial charge is 0.240 e. The Morgan fingerprint density at radius 2 is 2.31 bits per heavy atom. The standard InChI is InChI=1S/C10H15N5S/c1-2-3-5-12-8-7-4-6-16-9(7)14-10(13-8)15-11/h4,6H,2-3,5,11H2,1H3,(H2,12,13,14,15). The first-order valence-electron chi connectivity index (χ1n) is 5.31. The van der Waals surface area contributed by atoms with Crippen molar-refractivity contribution >= 4 is 33.3 Å². The Labute approximate surface area is 98.1 Å². The van der Waals surface area contributed by atoms with Crippen LogP contribution in [0.3, 0.4) is 0 Å². The third kappa shape index (κ3) is 2.23. The molecule has 0 saturated carbocycles. The van der Waals surface area contributed by atoms with E-state index in [0.717, 1.165) is 35.4 Å². The summed E-state index contributed by atoms with van der Waals surface area (Å²) in [5.41, 5.74) is 2.48. The highest BCUT2D eigenvalue weighted by Crippen LogP contribution is 2.26. The van der Waals surface area contributed by atoms with Gasteiger partial charge < -0.3 is 5.32 Å². The van der Waals surface area contributed by atoms with Crippen LogP contribution in [0.25, 0.3) is 10.2 Å². The molecule has 0 radical (unpaired) electrons. The van der Waals surface area contributed by atoms with Gasteiger partial charge in [0.1, 0.15) is 10.6 Å². The van der Waals surface area contributed by atoms with Gasteiger partial charge in [-0.05, 0) is 17.9 Å². The maximum absolute atomic E-state index is 5.34. The van der Waals surface area contributed by atoms with Crippen LogP contribution >= 0.6 is 11.3 Å². The number of anilines is 2. The fourth-order valence-corrected chi connectivity index (χ4v) is 2.20. The van der Waals surface area contributed by atoms with Gasteiger partial charge in [0.25, 0.3) is 0 Å². The predicted molar refractivity (Wildman–Crippen MR) is 68.6 cm³/mol. The Bertz CT molecular complexity index is 467. The predicted octanol–water partition coefficient (Wildman–Crippen LogP) is 2.19. The average molecular weight is 237 g/mol. The van der Waals surface area contributed by atoms with Gasteiger partial charge in [0, 0.05) is 6.54 Å². The fraction of sp³-hybridized carbons (Fsp3) is 0.400. The highest BCUT2D eigenvalue weighted by Gasteiger charge is 2.07. The van der Waals surface area contributed by atoms with E-state index in [0.29, 0.717) is 5.95 Å². The number of unbranched alkanes of at least 4 members (excludes halogenated alkanes) is 1. The molecule has 2 aromatic rings. The summed E-state index contributed by atoms with van der Waals surface area (Å²) in [5.74, 6) is 6.64. The van der Waals surface area contributed by atoms with Gasteiger partial charge in [0.15, 0.2) is 0 Å². The second-order valence-electron chi connectivity index (χ2n) is 3.46. The molecule has 6 heteroatoms. The van der Waals surface area contributed by atoms with Crippen molar-refractivity contribution in [2.75, 3.05) is 17.3 Å². The lowest BCUT2D eigenvalue weighted by Gasteiger charge is -2.07. The molecular weight excluding hydrogens is 222 g/mol. The first-order chi connectivity index (χ1) is 7.85. The Morgan fingerprint density at radius 1 is 1.44 bits per heavy atom. The molecule has 2 heterocycles. The van der Waals surface area contributed by atoms with Crippen molar-refractivity contribution in [3.05, 3.63) is 11.4 Å². The van der Waals surface area contributed by atoms with Crippen LogP contribution in [0, 0.1) is 0 Å². The Kier molecular flexibility index (Phi) is 3.53. The number of nitrogens with zero attached hydrogens (tertiary/aromatic N) is 2. The third-order valence-electron chi connectivity index (χ3n) is 2.28. The number of nitrogens with one attached hydrogen (secondary N) is 2. The molecule has 86 valence electrons. The first kappa shape index (κ1) is 11.1. The number of thiophene rings is 1. The van der Waals surface area contributed by atoms with Crippen LogP contribution in [0.15, 0.2) is 11.4 Å². The van der Waals surface area contributed by atoms with Gasteiger partial charge in [0.05, 0.1) is 5.39 Å². The summed E-state index contributed by atoms with van der Waals surface area (Å²) in [6.45, 7) is 3.08. The minimum Gasteiger partial charge on any atom is -0.369 e. The molecule has 0 saturated heterocycles. The highest BCUT2D eigenvalue weighted by atomic mass is 32.1. The number of hydrogen-bond acceptors (Lipinski definition) is 6. The number of hydrogen-bond donors (Lipinski definition) is 3. The van der Waals surface area contributed by atoms with E-state index in [1.54, 1.807) is 11.3 Å². The molecule has 0 fully saturated rings. The monoisotopic (exact) mass is 237 g/mol. The Balaban J connectivity index is 2.29. The number of nitrogens with two attached hydrogens (primary N) is 1. The SMILES string of the molecule is CCCCNc1nc(NN)nc2sccc12. The van der Waals surface area contributed by atoms with Crippen molar-refractivity contribution in [2.45, 2.75) is 19.8 Å². The third-order valence-corrected chi connectivity index (χ3v) is 3.08. The van der Waals surface area contributed by atoms with E-state index in [1.165, 1.54) is 0 Å². The van der Waals surface area contributed by atoms with Crippen LogP contribution < -0.4 is 16.6 Å². The van der Waals surface area contributed by atoms with E-state index in [9.17, 15) is 0 Å². The van der Waals surface area contributed by atoms with E-state index in [1.807, 2.05) is 11.4 Å². The number of hydrazine groups is 1. The summed E-state index contributed by atoms with van der Waals surface area (Å²) in [5, 5.41) is 6.37. The molecule has 0 atom stereocenters. The molecule has 0 bridgehead atoms. The van der Waals surface area contributed by atoms with E-state index in [2.05, 4.69) is 27.6 Å². The first-order valence-corrected chi connectivity index (χ1v) is 6.19. The number of nitrogen functional groups attached to an aromatic ring is 1. The zero-order valence-electron chi connectivity index (χ0n) is 9.16. The van der Waals surface area contributed by atoms with Crippen LogP contribution in [-0.2, 0) is 0 Å². The minimum absolute atomic E-state index is 0.453. The second-order valence-corrected chi connectivity index (χ2v) is 4.35. The molecule has 0 aliphatic carbocycles. The summed E-state index contributed by atoms with van der Waals surface area (Å²) < 4.78 is 0. The van der Waals surface area contributed by atoms with Gasteiger partial charge >= 0.3 is 0 Å². The summed E-state index contributed by atoms with van der Waals surface area (Å²) in [7, 11) is 0. The van der Waals surface area contributed by atoms with E-state index >= 15 is 0 Å². The number of aromatic nitrogens is 2. The molecule has 2 aromatic heterocycles. The Morgan fingerprint density at radius 3 is 3.06 bits per heavy atom.